The molecule has 0 aliphatic heterocycles. The number of hydrogen-bond donors (Lipinski definition) is 2. The molecule has 2 heterocycles. The monoisotopic (exact) mass is 480 g/mol. The Morgan fingerprint density at radius 3 is 1.66 bits per heavy atom. The summed E-state index contributed by atoms with van der Waals surface area (Å²) in [6.07, 6.45) is 0. The molecule has 164 valence electrons. The standard InChI is InChI=1S/C17H12Cl2F2N10O/c18-9-1-3-13(11(20)5-9)30-15(24-26-28-30)7-22-17(32)23-8-16-25-27-29-31(16)14-4-2-10(19)6-12(14)21/h1-6H,7-8H2,(H2,22,23,32). The molecule has 4 rings (SSSR count). The second-order valence-electron chi connectivity index (χ2n) is 6.24. The first-order valence-electron chi connectivity index (χ1n) is 8.89. The molecule has 2 aromatic carbocycles. The van der Waals surface area contributed by atoms with Crippen LogP contribution in [0.25, 0.3) is 11.4 Å². The molecule has 0 saturated heterocycles. The third kappa shape index (κ3) is 4.63. The molecule has 0 aliphatic carbocycles. The second kappa shape index (κ2) is 9.20. The highest BCUT2D eigenvalue weighted by molar-refractivity contribution is 6.30. The van der Waals surface area contributed by atoms with Gasteiger partial charge in [0.1, 0.15) is 23.0 Å². The maximum atomic E-state index is 14.1. The highest BCUT2D eigenvalue weighted by Gasteiger charge is 2.16. The van der Waals surface area contributed by atoms with Crippen molar-refractivity contribution >= 4 is 29.2 Å². The number of benzene rings is 2. The third-order valence-corrected chi connectivity index (χ3v) is 4.63. The number of aromatic nitrogens is 8. The molecule has 32 heavy (non-hydrogen) atoms. The molecule has 0 fully saturated rings. The quantitative estimate of drug-likeness (QED) is 0.432. The van der Waals surface area contributed by atoms with Crippen LogP contribution in [0.4, 0.5) is 13.6 Å². The average molecular weight is 481 g/mol. The molecule has 15 heteroatoms. The van der Waals surface area contributed by atoms with Gasteiger partial charge in [-0.25, -0.2) is 13.6 Å². The maximum Gasteiger partial charge on any atom is 0.315 e. The van der Waals surface area contributed by atoms with E-state index in [1.54, 1.807) is 0 Å². The minimum atomic E-state index is -0.628. The molecular formula is C17H12Cl2F2N10O. The van der Waals surface area contributed by atoms with Crippen molar-refractivity contribution in [2.24, 2.45) is 0 Å². The van der Waals surface area contributed by atoms with E-state index < -0.39 is 17.7 Å². The first-order valence-corrected chi connectivity index (χ1v) is 9.65. The largest absolute Gasteiger partial charge is 0.331 e. The molecule has 0 spiro atoms. The molecule has 11 nitrogen and oxygen atoms in total. The van der Waals surface area contributed by atoms with Crippen LogP contribution in [0.3, 0.4) is 0 Å². The summed E-state index contributed by atoms with van der Waals surface area (Å²) < 4.78 is 30.6. The molecule has 2 N–H and O–H groups in total. The molecule has 0 unspecified atom stereocenters. The summed E-state index contributed by atoms with van der Waals surface area (Å²) in [4.78, 5) is 12.2. The van der Waals surface area contributed by atoms with Gasteiger partial charge in [0, 0.05) is 10.0 Å². The number of nitrogens with one attached hydrogen (secondary N) is 2. The maximum absolute atomic E-state index is 14.1. The normalized spacial score (nSPS) is 10.9. The van der Waals surface area contributed by atoms with Gasteiger partial charge in [-0.3, -0.25) is 0 Å². The molecule has 0 saturated carbocycles. The van der Waals surface area contributed by atoms with E-state index in [-0.39, 0.29) is 46.2 Å². The summed E-state index contributed by atoms with van der Waals surface area (Å²) in [7, 11) is 0. The number of nitrogens with zero attached hydrogens (tertiary/aromatic N) is 8. The van der Waals surface area contributed by atoms with Crippen LogP contribution in [0, 0.1) is 11.6 Å². The minimum absolute atomic E-state index is 0.0702. The summed E-state index contributed by atoms with van der Waals surface area (Å²) in [6, 6.07) is 7.42. The van der Waals surface area contributed by atoms with Crippen molar-refractivity contribution in [2.45, 2.75) is 13.1 Å². The van der Waals surface area contributed by atoms with Gasteiger partial charge in [0.05, 0.1) is 13.1 Å². The molecule has 0 bridgehead atoms. The van der Waals surface area contributed by atoms with Gasteiger partial charge in [-0.15, -0.1) is 10.2 Å². The van der Waals surface area contributed by atoms with E-state index in [9.17, 15) is 13.6 Å². The lowest BCUT2D eigenvalue weighted by molar-refractivity contribution is 0.239. The fraction of sp³-hybridized carbons (Fsp3) is 0.118. The Bertz CT molecular complexity index is 1180. The Labute approximate surface area is 188 Å². The number of carbonyl (C=O) groups excluding carboxylic acids is 1. The lowest BCUT2D eigenvalue weighted by Gasteiger charge is -2.09. The zero-order valence-corrected chi connectivity index (χ0v) is 17.4. The molecule has 0 aliphatic rings. The number of rotatable bonds is 6. The van der Waals surface area contributed by atoms with Gasteiger partial charge in [0.15, 0.2) is 11.6 Å². The molecule has 2 amide bonds. The van der Waals surface area contributed by atoms with Crippen molar-refractivity contribution in [1.82, 2.24) is 51.0 Å². The average Bonchev–Trinajstić information content (AvgIpc) is 3.40. The summed E-state index contributed by atoms with van der Waals surface area (Å²) in [5.41, 5.74) is 0.140. The number of urea groups is 1. The highest BCUT2D eigenvalue weighted by atomic mass is 35.5. The SMILES string of the molecule is O=C(NCc1nnnn1-c1ccc(Cl)cc1F)NCc1nnnn1-c1ccc(Cl)cc1F. The van der Waals surface area contributed by atoms with Gasteiger partial charge < -0.3 is 10.6 Å². The van der Waals surface area contributed by atoms with Crippen LogP contribution < -0.4 is 10.6 Å². The van der Waals surface area contributed by atoms with Crippen molar-refractivity contribution in [3.63, 3.8) is 0 Å². The van der Waals surface area contributed by atoms with E-state index in [4.69, 9.17) is 23.2 Å². The van der Waals surface area contributed by atoms with Crippen molar-refractivity contribution < 1.29 is 13.6 Å². The predicted octanol–water partition coefficient (Wildman–Crippen LogP) is 2.22. The Kier molecular flexibility index (Phi) is 6.18. The molecule has 2 aromatic heterocycles. The summed E-state index contributed by atoms with van der Waals surface area (Å²) in [5, 5.41) is 27.5. The van der Waals surface area contributed by atoms with Gasteiger partial charge >= 0.3 is 6.03 Å². The first kappa shape index (κ1) is 21.5. The van der Waals surface area contributed by atoms with E-state index in [0.29, 0.717) is 0 Å². The van der Waals surface area contributed by atoms with Crippen molar-refractivity contribution in [1.29, 1.82) is 0 Å². The van der Waals surface area contributed by atoms with Crippen LogP contribution in [0.15, 0.2) is 36.4 Å². The Morgan fingerprint density at radius 2 is 1.25 bits per heavy atom. The molecule has 0 atom stereocenters. The van der Waals surface area contributed by atoms with Gasteiger partial charge in [-0.1, -0.05) is 23.2 Å². The zero-order chi connectivity index (χ0) is 22.7. The van der Waals surface area contributed by atoms with Crippen LogP contribution in [0.1, 0.15) is 11.6 Å². The van der Waals surface area contributed by atoms with E-state index in [2.05, 4.69) is 41.7 Å². The van der Waals surface area contributed by atoms with Gasteiger partial charge in [-0.2, -0.15) is 9.36 Å². The van der Waals surface area contributed by atoms with E-state index >= 15 is 0 Å². The van der Waals surface area contributed by atoms with Crippen LogP contribution in [-0.4, -0.2) is 46.4 Å². The Morgan fingerprint density at radius 1 is 0.812 bits per heavy atom. The number of hydrogen-bond acceptors (Lipinski definition) is 7. The second-order valence-corrected chi connectivity index (χ2v) is 7.11. The van der Waals surface area contributed by atoms with Gasteiger partial charge in [-0.05, 0) is 57.3 Å². The van der Waals surface area contributed by atoms with Crippen molar-refractivity contribution in [2.75, 3.05) is 0 Å². The van der Waals surface area contributed by atoms with Crippen LogP contribution in [0.2, 0.25) is 10.0 Å². The predicted molar refractivity (Wildman–Crippen MR) is 107 cm³/mol. The third-order valence-electron chi connectivity index (χ3n) is 4.16. The summed E-state index contributed by atoms with van der Waals surface area (Å²) >= 11 is 11.5. The first-order chi connectivity index (χ1) is 15.4. The number of amides is 2. The van der Waals surface area contributed by atoms with Crippen LogP contribution in [0.5, 0.6) is 0 Å². The van der Waals surface area contributed by atoms with Crippen molar-refractivity contribution in [3.05, 3.63) is 69.7 Å². The molecule has 0 radical (unpaired) electrons. The lowest BCUT2D eigenvalue weighted by Crippen LogP contribution is -2.36. The zero-order valence-electron chi connectivity index (χ0n) is 15.9. The molecule has 4 aromatic rings. The van der Waals surface area contributed by atoms with E-state index in [0.717, 1.165) is 21.5 Å². The minimum Gasteiger partial charge on any atom is -0.331 e. The summed E-state index contributed by atoms with van der Waals surface area (Å²) in [5.74, 6) is -0.905. The fourth-order valence-corrected chi connectivity index (χ4v) is 3.01. The summed E-state index contributed by atoms with van der Waals surface area (Å²) in [6.45, 7) is -0.227. The lowest BCUT2D eigenvalue weighted by atomic mass is 10.3. The molecular weight excluding hydrogens is 469 g/mol. The van der Waals surface area contributed by atoms with Crippen molar-refractivity contribution in [3.8, 4) is 11.4 Å². The van der Waals surface area contributed by atoms with Gasteiger partial charge in [0.2, 0.25) is 0 Å². The van der Waals surface area contributed by atoms with E-state index in [1.165, 1.54) is 24.3 Å². The topological polar surface area (TPSA) is 128 Å². The number of halogens is 4. The highest BCUT2D eigenvalue weighted by Crippen LogP contribution is 2.19. The number of tetrazole rings is 2. The van der Waals surface area contributed by atoms with Gasteiger partial charge in [0.25, 0.3) is 0 Å². The van der Waals surface area contributed by atoms with Crippen LogP contribution >= 0.6 is 23.2 Å². The van der Waals surface area contributed by atoms with E-state index in [1.807, 2.05) is 0 Å². The smallest absolute Gasteiger partial charge is 0.315 e. The number of carbonyl (C=O) groups is 1. The Balaban J connectivity index is 1.39. The fourth-order valence-electron chi connectivity index (χ4n) is 2.69. The Hall–Kier alpha value is -3.71. The van der Waals surface area contributed by atoms with Crippen LogP contribution in [-0.2, 0) is 13.1 Å².